The first-order chi connectivity index (χ1) is 10.2. The molecule has 3 N–H and O–H groups in total. The molecule has 112 valence electrons. The van der Waals surface area contributed by atoms with E-state index in [1.807, 2.05) is 36.7 Å². The van der Waals surface area contributed by atoms with Crippen LogP contribution >= 0.6 is 15.9 Å². The molecular weight excluding hydrogens is 330 g/mol. The van der Waals surface area contributed by atoms with Crippen molar-refractivity contribution in [2.24, 2.45) is 5.84 Å². The number of rotatable bonds is 7. The van der Waals surface area contributed by atoms with Crippen LogP contribution in [-0.2, 0) is 12.8 Å². The van der Waals surface area contributed by atoms with Crippen molar-refractivity contribution in [2.75, 3.05) is 7.11 Å². The van der Waals surface area contributed by atoms with Crippen LogP contribution in [0.5, 0.6) is 5.75 Å². The molecule has 1 atom stereocenters. The van der Waals surface area contributed by atoms with Crippen molar-refractivity contribution < 1.29 is 4.74 Å². The van der Waals surface area contributed by atoms with E-state index in [2.05, 4.69) is 32.4 Å². The summed E-state index contributed by atoms with van der Waals surface area (Å²) in [5.74, 6) is 6.59. The molecule has 21 heavy (non-hydrogen) atoms. The normalized spacial score (nSPS) is 12.1. The Balaban J connectivity index is 2.00. The molecule has 1 unspecified atom stereocenters. The predicted molar refractivity (Wildman–Crippen MR) is 88.1 cm³/mol. The number of ether oxygens (including phenoxy) is 1. The Morgan fingerprint density at radius 2 is 2.05 bits per heavy atom. The van der Waals surface area contributed by atoms with Crippen molar-refractivity contribution in [2.45, 2.75) is 25.3 Å². The Hall–Kier alpha value is -1.43. The van der Waals surface area contributed by atoms with Crippen molar-refractivity contribution in [3.05, 3.63) is 58.3 Å². The van der Waals surface area contributed by atoms with Gasteiger partial charge in [-0.3, -0.25) is 16.3 Å². The van der Waals surface area contributed by atoms with E-state index in [1.165, 1.54) is 5.56 Å². The van der Waals surface area contributed by atoms with Crippen LogP contribution in [0, 0.1) is 0 Å². The number of benzene rings is 1. The smallest absolute Gasteiger partial charge is 0.122 e. The summed E-state index contributed by atoms with van der Waals surface area (Å²) < 4.78 is 6.46. The standard InChI is InChI=1S/C16H20BrN3O/c1-21-16-5-3-14(17)10-13(16)11-15(20-18)4-2-12-6-8-19-9-7-12/h3,5-10,15,20H,2,4,11,18H2,1H3. The summed E-state index contributed by atoms with van der Waals surface area (Å²) in [4.78, 5) is 4.03. The second kappa shape index (κ2) is 8.12. The number of nitrogens with zero attached hydrogens (tertiary/aromatic N) is 1. The number of halogens is 1. The number of nitrogens with one attached hydrogen (secondary N) is 1. The van der Waals surface area contributed by atoms with E-state index < -0.39 is 0 Å². The Morgan fingerprint density at radius 1 is 1.29 bits per heavy atom. The molecule has 0 fully saturated rings. The first kappa shape index (κ1) is 15.9. The summed E-state index contributed by atoms with van der Waals surface area (Å²) >= 11 is 3.50. The molecule has 1 heterocycles. The Morgan fingerprint density at radius 3 is 2.71 bits per heavy atom. The van der Waals surface area contributed by atoms with Gasteiger partial charge in [0.1, 0.15) is 5.75 Å². The van der Waals surface area contributed by atoms with Gasteiger partial charge >= 0.3 is 0 Å². The van der Waals surface area contributed by atoms with Crippen LogP contribution in [0.2, 0.25) is 0 Å². The van der Waals surface area contributed by atoms with Gasteiger partial charge < -0.3 is 4.74 Å². The van der Waals surface area contributed by atoms with Gasteiger partial charge in [-0.25, -0.2) is 0 Å². The maximum Gasteiger partial charge on any atom is 0.122 e. The van der Waals surface area contributed by atoms with E-state index >= 15 is 0 Å². The molecule has 0 spiro atoms. The summed E-state index contributed by atoms with van der Waals surface area (Å²) in [6, 6.07) is 10.3. The lowest BCUT2D eigenvalue weighted by molar-refractivity contribution is 0.403. The zero-order valence-electron chi connectivity index (χ0n) is 12.1. The molecule has 4 nitrogen and oxygen atoms in total. The van der Waals surface area contributed by atoms with Gasteiger partial charge in [0.25, 0.3) is 0 Å². The summed E-state index contributed by atoms with van der Waals surface area (Å²) in [6.45, 7) is 0. The molecule has 1 aromatic heterocycles. The van der Waals surface area contributed by atoms with E-state index in [-0.39, 0.29) is 6.04 Å². The minimum Gasteiger partial charge on any atom is -0.496 e. The molecule has 0 saturated carbocycles. The van der Waals surface area contributed by atoms with Crippen molar-refractivity contribution >= 4 is 15.9 Å². The molecule has 0 aliphatic heterocycles. The van der Waals surface area contributed by atoms with Crippen LogP contribution in [0.3, 0.4) is 0 Å². The summed E-state index contributed by atoms with van der Waals surface area (Å²) in [7, 11) is 1.69. The van der Waals surface area contributed by atoms with Crippen LogP contribution in [0.1, 0.15) is 17.5 Å². The summed E-state index contributed by atoms with van der Waals surface area (Å²) in [5, 5.41) is 0. The average Bonchev–Trinajstić information content (AvgIpc) is 2.52. The van der Waals surface area contributed by atoms with Crippen molar-refractivity contribution in [3.63, 3.8) is 0 Å². The topological polar surface area (TPSA) is 60.2 Å². The fourth-order valence-electron chi connectivity index (χ4n) is 2.31. The zero-order valence-corrected chi connectivity index (χ0v) is 13.6. The highest BCUT2D eigenvalue weighted by Crippen LogP contribution is 2.24. The monoisotopic (exact) mass is 349 g/mol. The molecule has 2 rings (SSSR count). The molecule has 0 bridgehead atoms. The predicted octanol–water partition coefficient (Wildman–Crippen LogP) is 2.86. The van der Waals surface area contributed by atoms with Crippen molar-refractivity contribution in [3.8, 4) is 5.75 Å². The van der Waals surface area contributed by atoms with Gasteiger partial charge in [0.2, 0.25) is 0 Å². The van der Waals surface area contributed by atoms with E-state index in [4.69, 9.17) is 10.6 Å². The second-order valence-corrected chi connectivity index (χ2v) is 5.83. The summed E-state index contributed by atoms with van der Waals surface area (Å²) in [6.07, 6.45) is 6.38. The molecule has 5 heteroatoms. The molecular formula is C16H20BrN3O. The number of methoxy groups -OCH3 is 1. The summed E-state index contributed by atoms with van der Waals surface area (Å²) in [5.41, 5.74) is 5.32. The van der Waals surface area contributed by atoms with Gasteiger partial charge in [-0.2, -0.15) is 0 Å². The van der Waals surface area contributed by atoms with E-state index in [1.54, 1.807) is 7.11 Å². The van der Waals surface area contributed by atoms with E-state index in [0.29, 0.717) is 0 Å². The van der Waals surface area contributed by atoms with Gasteiger partial charge in [-0.05, 0) is 60.7 Å². The minimum absolute atomic E-state index is 0.196. The third kappa shape index (κ3) is 4.81. The van der Waals surface area contributed by atoms with Gasteiger partial charge in [-0.1, -0.05) is 15.9 Å². The fourth-order valence-corrected chi connectivity index (χ4v) is 2.72. The fraction of sp³-hybridized carbons (Fsp3) is 0.312. The molecule has 0 radical (unpaired) electrons. The largest absolute Gasteiger partial charge is 0.496 e. The van der Waals surface area contributed by atoms with Crippen molar-refractivity contribution in [1.29, 1.82) is 0 Å². The Bertz CT molecular complexity index is 563. The van der Waals surface area contributed by atoms with Gasteiger partial charge in [0, 0.05) is 22.9 Å². The number of aromatic nitrogens is 1. The highest BCUT2D eigenvalue weighted by Gasteiger charge is 2.12. The lowest BCUT2D eigenvalue weighted by Crippen LogP contribution is -2.37. The maximum atomic E-state index is 5.70. The molecule has 0 saturated heterocycles. The quantitative estimate of drug-likeness (QED) is 0.596. The van der Waals surface area contributed by atoms with Crippen LogP contribution < -0.4 is 16.0 Å². The third-order valence-corrected chi connectivity index (χ3v) is 3.97. The zero-order chi connectivity index (χ0) is 15.1. The average molecular weight is 350 g/mol. The number of pyridine rings is 1. The van der Waals surface area contributed by atoms with Gasteiger partial charge in [0.15, 0.2) is 0 Å². The van der Waals surface area contributed by atoms with Gasteiger partial charge in [-0.15, -0.1) is 0 Å². The van der Waals surface area contributed by atoms with Crippen LogP contribution in [0.25, 0.3) is 0 Å². The molecule has 0 amide bonds. The van der Waals surface area contributed by atoms with Crippen LogP contribution in [-0.4, -0.2) is 18.1 Å². The highest BCUT2D eigenvalue weighted by molar-refractivity contribution is 9.10. The minimum atomic E-state index is 0.196. The first-order valence-corrected chi connectivity index (χ1v) is 7.69. The highest BCUT2D eigenvalue weighted by atomic mass is 79.9. The molecule has 2 aromatic rings. The number of nitrogens with two attached hydrogens (primary N) is 1. The molecule has 0 aliphatic carbocycles. The maximum absolute atomic E-state index is 5.70. The SMILES string of the molecule is COc1ccc(Br)cc1CC(CCc1ccncc1)NN. The number of hydrogen-bond acceptors (Lipinski definition) is 4. The molecule has 0 aliphatic rings. The Kier molecular flexibility index (Phi) is 6.17. The third-order valence-electron chi connectivity index (χ3n) is 3.48. The van der Waals surface area contributed by atoms with Crippen molar-refractivity contribution in [1.82, 2.24) is 10.4 Å². The van der Waals surface area contributed by atoms with E-state index in [9.17, 15) is 0 Å². The number of aryl methyl sites for hydroxylation is 1. The first-order valence-electron chi connectivity index (χ1n) is 6.90. The molecule has 1 aromatic carbocycles. The number of hydrogen-bond donors (Lipinski definition) is 2. The van der Waals surface area contributed by atoms with Gasteiger partial charge in [0.05, 0.1) is 7.11 Å². The van der Waals surface area contributed by atoms with Crippen LogP contribution in [0.15, 0.2) is 47.2 Å². The number of hydrazine groups is 1. The van der Waals surface area contributed by atoms with Crippen LogP contribution in [0.4, 0.5) is 0 Å². The Labute approximate surface area is 133 Å². The second-order valence-electron chi connectivity index (χ2n) is 4.92. The van der Waals surface area contributed by atoms with E-state index in [0.717, 1.165) is 35.0 Å². The lowest BCUT2D eigenvalue weighted by atomic mass is 9.99. The lowest BCUT2D eigenvalue weighted by Gasteiger charge is -2.18.